The summed E-state index contributed by atoms with van der Waals surface area (Å²) in [4.78, 5) is 11.9. The highest BCUT2D eigenvalue weighted by atomic mass is 16.6. The number of esters is 1. The van der Waals surface area contributed by atoms with E-state index >= 15 is 0 Å². The van der Waals surface area contributed by atoms with Gasteiger partial charge in [0.2, 0.25) is 0 Å². The number of amidine groups is 1. The van der Waals surface area contributed by atoms with E-state index in [1.807, 2.05) is 24.3 Å². The van der Waals surface area contributed by atoms with E-state index in [1.54, 1.807) is 27.9 Å². The van der Waals surface area contributed by atoms with Gasteiger partial charge in [0.1, 0.15) is 17.2 Å². The number of carbonyl (C=O) groups is 1. The molecule has 0 saturated carbocycles. The van der Waals surface area contributed by atoms with Crippen LogP contribution >= 0.6 is 0 Å². The van der Waals surface area contributed by atoms with Gasteiger partial charge in [-0.1, -0.05) is 17.3 Å². The predicted octanol–water partition coefficient (Wildman–Crippen LogP) is 2.33. The molecule has 0 aromatic heterocycles. The van der Waals surface area contributed by atoms with Crippen molar-refractivity contribution in [3.05, 3.63) is 29.8 Å². The number of hydrogen-bond acceptors (Lipinski definition) is 5. The molecule has 0 aliphatic carbocycles. The average Bonchev–Trinajstić information content (AvgIpc) is 2.44. The number of oxime groups is 1. The lowest BCUT2D eigenvalue weighted by Crippen LogP contribution is -2.31. The van der Waals surface area contributed by atoms with Gasteiger partial charge in [0.05, 0.1) is 13.5 Å². The van der Waals surface area contributed by atoms with Crippen LogP contribution in [-0.4, -0.2) is 29.7 Å². The summed E-state index contributed by atoms with van der Waals surface area (Å²) in [5, 5.41) is 11.9. The van der Waals surface area contributed by atoms with E-state index in [4.69, 9.17) is 20.4 Å². The molecule has 122 valence electrons. The Balaban J connectivity index is 2.78. The summed E-state index contributed by atoms with van der Waals surface area (Å²) in [6.07, 6.45) is 0.526. The van der Waals surface area contributed by atoms with Gasteiger partial charge in [-0.05, 0) is 44.9 Å². The molecule has 0 saturated heterocycles. The molecular weight excluding hydrogens is 284 g/mol. The van der Waals surface area contributed by atoms with Crippen molar-refractivity contribution in [1.29, 1.82) is 0 Å². The van der Waals surface area contributed by atoms with E-state index < -0.39 is 11.5 Å². The van der Waals surface area contributed by atoms with E-state index in [0.717, 1.165) is 11.3 Å². The summed E-state index contributed by atoms with van der Waals surface area (Å²) in [6.45, 7) is 5.40. The van der Waals surface area contributed by atoms with Crippen molar-refractivity contribution in [3.8, 4) is 5.75 Å². The Morgan fingerprint density at radius 1 is 1.32 bits per heavy atom. The minimum atomic E-state index is -0.563. The molecule has 1 rings (SSSR count). The first-order chi connectivity index (χ1) is 10.2. The second kappa shape index (κ2) is 7.68. The molecule has 1 aromatic rings. The molecule has 0 bridgehead atoms. The van der Waals surface area contributed by atoms with Gasteiger partial charge in [-0.25, -0.2) is 0 Å². The van der Waals surface area contributed by atoms with E-state index in [1.165, 1.54) is 0 Å². The number of methoxy groups -OCH3 is 1. The Morgan fingerprint density at radius 3 is 2.36 bits per heavy atom. The smallest absolute Gasteiger partial charge is 0.307 e. The average molecular weight is 308 g/mol. The van der Waals surface area contributed by atoms with Gasteiger partial charge in [0.25, 0.3) is 0 Å². The molecule has 1 atom stereocenters. The number of nitrogens with zero attached hydrogens (tertiary/aromatic N) is 1. The second-order valence-corrected chi connectivity index (χ2v) is 6.06. The summed E-state index contributed by atoms with van der Waals surface area (Å²) >= 11 is 0. The first-order valence-corrected chi connectivity index (χ1v) is 7.07. The number of benzene rings is 1. The van der Waals surface area contributed by atoms with Crippen LogP contribution in [0.5, 0.6) is 5.75 Å². The Hall–Kier alpha value is -2.24. The maximum atomic E-state index is 11.9. The normalized spacial score (nSPS) is 13.5. The van der Waals surface area contributed by atoms with Crippen molar-refractivity contribution in [2.24, 2.45) is 16.8 Å². The molecule has 0 aliphatic heterocycles. The molecule has 0 fully saturated rings. The lowest BCUT2D eigenvalue weighted by atomic mass is 9.95. The van der Waals surface area contributed by atoms with E-state index in [-0.39, 0.29) is 18.2 Å². The van der Waals surface area contributed by atoms with Crippen LogP contribution < -0.4 is 10.5 Å². The third-order valence-electron chi connectivity index (χ3n) is 3.01. The molecule has 0 spiro atoms. The van der Waals surface area contributed by atoms with Crippen molar-refractivity contribution in [1.82, 2.24) is 0 Å². The van der Waals surface area contributed by atoms with Crippen LogP contribution in [-0.2, 0) is 16.0 Å². The number of nitrogens with two attached hydrogens (primary N) is 1. The van der Waals surface area contributed by atoms with Gasteiger partial charge in [-0.15, -0.1) is 0 Å². The highest BCUT2D eigenvalue weighted by molar-refractivity contribution is 5.86. The van der Waals surface area contributed by atoms with Gasteiger partial charge in [0.15, 0.2) is 0 Å². The Morgan fingerprint density at radius 2 is 1.91 bits per heavy atom. The Kier molecular flexibility index (Phi) is 6.22. The van der Waals surface area contributed by atoms with Gasteiger partial charge in [-0.3, -0.25) is 4.79 Å². The summed E-state index contributed by atoms with van der Waals surface area (Å²) in [6, 6.07) is 7.41. The van der Waals surface area contributed by atoms with Gasteiger partial charge >= 0.3 is 5.97 Å². The van der Waals surface area contributed by atoms with Gasteiger partial charge < -0.3 is 20.4 Å². The van der Waals surface area contributed by atoms with Crippen LogP contribution in [0.2, 0.25) is 0 Å². The summed E-state index contributed by atoms with van der Waals surface area (Å²) in [7, 11) is 1.59. The first-order valence-electron chi connectivity index (χ1n) is 7.07. The van der Waals surface area contributed by atoms with Gasteiger partial charge in [0, 0.05) is 5.92 Å². The highest BCUT2D eigenvalue weighted by Crippen LogP contribution is 2.19. The molecule has 0 aliphatic rings. The maximum Gasteiger partial charge on any atom is 0.307 e. The van der Waals surface area contributed by atoms with Crippen molar-refractivity contribution in [3.63, 3.8) is 0 Å². The molecule has 1 aromatic carbocycles. The molecular formula is C16H24N2O4. The predicted molar refractivity (Wildman–Crippen MR) is 84.1 cm³/mol. The standard InChI is InChI=1S/C16H24N2O4/c1-16(2,3)22-14(19)10-12(15(17)18-20)9-11-5-7-13(21-4)8-6-11/h5-8,12,20H,9-10H2,1-4H3,(H2,17,18). The lowest BCUT2D eigenvalue weighted by molar-refractivity contribution is -0.155. The molecule has 6 heteroatoms. The first kappa shape index (κ1) is 17.8. The van der Waals surface area contributed by atoms with Crippen LogP contribution in [0.15, 0.2) is 29.4 Å². The SMILES string of the molecule is COc1ccc(CC(CC(=O)OC(C)(C)C)/C(N)=N/O)cc1. The molecule has 1 unspecified atom stereocenters. The molecule has 0 radical (unpaired) electrons. The van der Waals surface area contributed by atoms with Crippen LogP contribution in [0.4, 0.5) is 0 Å². The fourth-order valence-corrected chi connectivity index (χ4v) is 1.99. The largest absolute Gasteiger partial charge is 0.497 e. The molecule has 6 nitrogen and oxygen atoms in total. The summed E-state index contributed by atoms with van der Waals surface area (Å²) in [5.41, 5.74) is 6.10. The van der Waals surface area contributed by atoms with Crippen LogP contribution in [0.1, 0.15) is 32.8 Å². The zero-order valence-electron chi connectivity index (χ0n) is 13.5. The van der Waals surface area contributed by atoms with E-state index in [2.05, 4.69) is 5.16 Å². The number of ether oxygens (including phenoxy) is 2. The number of rotatable bonds is 6. The molecule has 3 N–H and O–H groups in total. The number of carbonyl (C=O) groups excluding carboxylic acids is 1. The minimum Gasteiger partial charge on any atom is -0.497 e. The number of hydrogen-bond donors (Lipinski definition) is 2. The zero-order chi connectivity index (χ0) is 16.8. The van der Waals surface area contributed by atoms with Crippen molar-refractivity contribution in [2.45, 2.75) is 39.2 Å². The van der Waals surface area contributed by atoms with Gasteiger partial charge in [-0.2, -0.15) is 0 Å². The Labute approximate surface area is 130 Å². The second-order valence-electron chi connectivity index (χ2n) is 6.06. The topological polar surface area (TPSA) is 94.1 Å². The third kappa shape index (κ3) is 6.03. The molecule has 0 heterocycles. The van der Waals surface area contributed by atoms with Crippen molar-refractivity contribution < 1.29 is 19.5 Å². The molecule has 0 amide bonds. The van der Waals surface area contributed by atoms with Crippen molar-refractivity contribution in [2.75, 3.05) is 7.11 Å². The third-order valence-corrected chi connectivity index (χ3v) is 3.01. The lowest BCUT2D eigenvalue weighted by Gasteiger charge is -2.22. The van der Waals surface area contributed by atoms with Crippen LogP contribution in [0, 0.1) is 5.92 Å². The maximum absolute atomic E-state index is 11.9. The minimum absolute atomic E-state index is 0.0154. The summed E-state index contributed by atoms with van der Waals surface area (Å²) in [5.74, 6) is -0.0382. The Bertz CT molecular complexity index is 518. The summed E-state index contributed by atoms with van der Waals surface area (Å²) < 4.78 is 10.4. The fourth-order valence-electron chi connectivity index (χ4n) is 1.99. The van der Waals surface area contributed by atoms with Crippen LogP contribution in [0.3, 0.4) is 0 Å². The van der Waals surface area contributed by atoms with Crippen molar-refractivity contribution >= 4 is 11.8 Å². The molecule has 22 heavy (non-hydrogen) atoms. The quantitative estimate of drug-likeness (QED) is 0.276. The van der Waals surface area contributed by atoms with Crippen LogP contribution in [0.25, 0.3) is 0 Å². The highest BCUT2D eigenvalue weighted by Gasteiger charge is 2.23. The zero-order valence-corrected chi connectivity index (χ0v) is 13.5. The monoisotopic (exact) mass is 308 g/mol. The fraction of sp³-hybridized carbons (Fsp3) is 0.500. The van der Waals surface area contributed by atoms with E-state index in [9.17, 15) is 4.79 Å². The van der Waals surface area contributed by atoms with E-state index in [0.29, 0.717) is 6.42 Å².